The standard InChI is InChI=1S/C13H18N2O4S/c1-10-4-5-11(7-13(10)15(16)17)8-14-12-3-2-6-20(18,19)9-12/h4-5,7,12,14H,2-3,6,8-9H2,1H3. The lowest BCUT2D eigenvalue weighted by atomic mass is 10.1. The first-order valence-electron chi connectivity index (χ1n) is 6.55. The number of hydrogen-bond acceptors (Lipinski definition) is 5. The van der Waals surface area contributed by atoms with Gasteiger partial charge in [0.1, 0.15) is 0 Å². The highest BCUT2D eigenvalue weighted by Crippen LogP contribution is 2.19. The molecule has 1 aromatic carbocycles. The van der Waals surface area contributed by atoms with E-state index in [0.29, 0.717) is 18.5 Å². The number of nitrogens with one attached hydrogen (secondary N) is 1. The van der Waals surface area contributed by atoms with Gasteiger partial charge in [0, 0.05) is 24.2 Å². The molecule has 0 radical (unpaired) electrons. The minimum atomic E-state index is -2.94. The summed E-state index contributed by atoms with van der Waals surface area (Å²) in [5.41, 5.74) is 1.52. The molecule has 2 rings (SSSR count). The predicted molar refractivity (Wildman–Crippen MR) is 76.3 cm³/mol. The van der Waals surface area contributed by atoms with E-state index in [1.165, 1.54) is 0 Å². The normalized spacial score (nSPS) is 21.6. The Kier molecular flexibility index (Phi) is 4.39. The van der Waals surface area contributed by atoms with Crippen LogP contribution in [-0.4, -0.2) is 30.9 Å². The van der Waals surface area contributed by atoms with Crippen molar-refractivity contribution in [2.45, 2.75) is 32.4 Å². The van der Waals surface area contributed by atoms with Crippen LogP contribution in [0, 0.1) is 17.0 Å². The smallest absolute Gasteiger partial charge is 0.272 e. The maximum atomic E-state index is 11.5. The fraction of sp³-hybridized carbons (Fsp3) is 0.538. The highest BCUT2D eigenvalue weighted by atomic mass is 32.2. The van der Waals surface area contributed by atoms with E-state index < -0.39 is 14.8 Å². The Bertz CT molecular complexity index is 613. The zero-order chi connectivity index (χ0) is 14.8. The van der Waals surface area contributed by atoms with Crippen LogP contribution in [0.5, 0.6) is 0 Å². The lowest BCUT2D eigenvalue weighted by molar-refractivity contribution is -0.385. The summed E-state index contributed by atoms with van der Waals surface area (Å²) < 4.78 is 23.1. The molecule has 7 heteroatoms. The monoisotopic (exact) mass is 298 g/mol. The highest BCUT2D eigenvalue weighted by Gasteiger charge is 2.24. The molecule has 0 aromatic heterocycles. The number of nitrogens with zero attached hydrogens (tertiary/aromatic N) is 1. The van der Waals surface area contributed by atoms with Gasteiger partial charge in [-0.3, -0.25) is 10.1 Å². The van der Waals surface area contributed by atoms with Crippen LogP contribution in [0.4, 0.5) is 5.69 Å². The van der Waals surface area contributed by atoms with E-state index in [1.807, 2.05) is 6.07 Å². The maximum Gasteiger partial charge on any atom is 0.272 e. The summed E-state index contributed by atoms with van der Waals surface area (Å²) in [4.78, 5) is 10.5. The van der Waals surface area contributed by atoms with Crippen molar-refractivity contribution in [2.24, 2.45) is 0 Å². The minimum Gasteiger partial charge on any atom is -0.309 e. The van der Waals surface area contributed by atoms with Gasteiger partial charge in [0.2, 0.25) is 0 Å². The van der Waals surface area contributed by atoms with Crippen molar-refractivity contribution in [3.8, 4) is 0 Å². The minimum absolute atomic E-state index is 0.0610. The van der Waals surface area contributed by atoms with E-state index in [-0.39, 0.29) is 23.2 Å². The SMILES string of the molecule is Cc1ccc(CNC2CCCS(=O)(=O)C2)cc1[N+](=O)[O-]. The van der Waals surface area contributed by atoms with Gasteiger partial charge in [-0.1, -0.05) is 12.1 Å². The molecule has 110 valence electrons. The lowest BCUT2D eigenvalue weighted by Gasteiger charge is -2.23. The van der Waals surface area contributed by atoms with Gasteiger partial charge in [-0.2, -0.15) is 0 Å². The Morgan fingerprint density at radius 2 is 2.20 bits per heavy atom. The molecule has 20 heavy (non-hydrogen) atoms. The van der Waals surface area contributed by atoms with E-state index >= 15 is 0 Å². The third-order valence-corrected chi connectivity index (χ3v) is 5.35. The Hall–Kier alpha value is -1.47. The molecule has 1 fully saturated rings. The molecule has 0 spiro atoms. The summed E-state index contributed by atoms with van der Waals surface area (Å²) in [7, 11) is -2.94. The molecule has 1 aliphatic rings. The van der Waals surface area contributed by atoms with Gasteiger partial charge in [0.15, 0.2) is 9.84 Å². The van der Waals surface area contributed by atoms with Crippen LogP contribution in [0.3, 0.4) is 0 Å². The number of aryl methyl sites for hydroxylation is 1. The average molecular weight is 298 g/mol. The summed E-state index contributed by atoms with van der Waals surface area (Å²) in [6, 6.07) is 5.02. The van der Waals surface area contributed by atoms with Crippen molar-refractivity contribution in [1.82, 2.24) is 5.32 Å². The Morgan fingerprint density at radius 1 is 1.45 bits per heavy atom. The molecule has 1 heterocycles. The Morgan fingerprint density at radius 3 is 2.85 bits per heavy atom. The molecule has 6 nitrogen and oxygen atoms in total. The molecule has 1 unspecified atom stereocenters. The zero-order valence-corrected chi connectivity index (χ0v) is 12.1. The molecular formula is C13H18N2O4S. The molecule has 0 bridgehead atoms. The van der Waals surface area contributed by atoms with E-state index in [9.17, 15) is 18.5 Å². The Balaban J connectivity index is 2.01. The molecule has 0 saturated carbocycles. The van der Waals surface area contributed by atoms with Gasteiger partial charge < -0.3 is 5.32 Å². The van der Waals surface area contributed by atoms with Gasteiger partial charge in [-0.15, -0.1) is 0 Å². The zero-order valence-electron chi connectivity index (χ0n) is 11.3. The van der Waals surface area contributed by atoms with E-state index in [4.69, 9.17) is 0 Å². The number of rotatable bonds is 4. The van der Waals surface area contributed by atoms with Crippen molar-refractivity contribution in [1.29, 1.82) is 0 Å². The number of hydrogen-bond donors (Lipinski definition) is 1. The molecule has 1 aliphatic heterocycles. The number of benzene rings is 1. The highest BCUT2D eigenvalue weighted by molar-refractivity contribution is 7.91. The number of nitro benzene ring substituents is 1. The van der Waals surface area contributed by atoms with Gasteiger partial charge in [0.05, 0.1) is 16.4 Å². The number of sulfone groups is 1. The van der Waals surface area contributed by atoms with Crippen molar-refractivity contribution in [3.63, 3.8) is 0 Å². The van der Waals surface area contributed by atoms with E-state index in [1.54, 1.807) is 19.1 Å². The lowest BCUT2D eigenvalue weighted by Crippen LogP contribution is -2.39. The van der Waals surface area contributed by atoms with Crippen LogP contribution < -0.4 is 5.32 Å². The topological polar surface area (TPSA) is 89.3 Å². The van der Waals surface area contributed by atoms with Crippen molar-refractivity contribution in [2.75, 3.05) is 11.5 Å². The average Bonchev–Trinajstić information content (AvgIpc) is 2.36. The first-order chi connectivity index (χ1) is 9.37. The van der Waals surface area contributed by atoms with Gasteiger partial charge in [-0.05, 0) is 25.3 Å². The third kappa shape index (κ3) is 3.77. The quantitative estimate of drug-likeness (QED) is 0.673. The van der Waals surface area contributed by atoms with Crippen LogP contribution in [0.2, 0.25) is 0 Å². The summed E-state index contributed by atoms with van der Waals surface area (Å²) in [5.74, 6) is 0.419. The van der Waals surface area contributed by atoms with E-state index in [0.717, 1.165) is 12.0 Å². The van der Waals surface area contributed by atoms with Crippen molar-refractivity contribution in [3.05, 3.63) is 39.4 Å². The van der Waals surface area contributed by atoms with E-state index in [2.05, 4.69) is 5.32 Å². The number of nitro groups is 1. The Labute approximate surface area is 118 Å². The van der Waals surface area contributed by atoms with Gasteiger partial charge in [-0.25, -0.2) is 8.42 Å². The molecule has 1 saturated heterocycles. The summed E-state index contributed by atoms with van der Waals surface area (Å²) in [6.07, 6.45) is 1.50. The molecule has 1 aromatic rings. The first-order valence-corrected chi connectivity index (χ1v) is 8.37. The molecule has 0 amide bonds. The fourth-order valence-corrected chi connectivity index (χ4v) is 4.08. The van der Waals surface area contributed by atoms with Crippen LogP contribution in [0.25, 0.3) is 0 Å². The largest absolute Gasteiger partial charge is 0.309 e. The second-order valence-corrected chi connectivity index (χ2v) is 7.44. The van der Waals surface area contributed by atoms with Crippen LogP contribution >= 0.6 is 0 Å². The summed E-state index contributed by atoms with van der Waals surface area (Å²) in [5, 5.41) is 14.0. The van der Waals surface area contributed by atoms with Crippen LogP contribution in [-0.2, 0) is 16.4 Å². The fourth-order valence-electron chi connectivity index (χ4n) is 2.41. The van der Waals surface area contributed by atoms with Gasteiger partial charge in [0.25, 0.3) is 5.69 Å². The summed E-state index contributed by atoms with van der Waals surface area (Å²) >= 11 is 0. The third-order valence-electron chi connectivity index (χ3n) is 3.53. The molecule has 1 atom stereocenters. The molecule has 0 aliphatic carbocycles. The maximum absolute atomic E-state index is 11.5. The van der Waals surface area contributed by atoms with Gasteiger partial charge >= 0.3 is 0 Å². The predicted octanol–water partition coefficient (Wildman–Crippen LogP) is 1.57. The molecular weight excluding hydrogens is 280 g/mol. The second-order valence-electron chi connectivity index (χ2n) is 5.21. The van der Waals surface area contributed by atoms with Crippen LogP contribution in [0.15, 0.2) is 18.2 Å². The first kappa shape index (κ1) is 14.9. The summed E-state index contributed by atoms with van der Waals surface area (Å²) in [6.45, 7) is 2.14. The second kappa shape index (κ2) is 5.88. The molecule has 1 N–H and O–H groups in total. The van der Waals surface area contributed by atoms with Crippen molar-refractivity contribution < 1.29 is 13.3 Å². The van der Waals surface area contributed by atoms with Crippen LogP contribution in [0.1, 0.15) is 24.0 Å². The van der Waals surface area contributed by atoms with Crippen molar-refractivity contribution >= 4 is 15.5 Å².